The SMILES string of the molecule is CC(=O)N(Cc1cccc(Br)c1)C1CCSCC1. The molecule has 0 atom stereocenters. The van der Waals surface area contributed by atoms with Crippen molar-refractivity contribution in [3.63, 3.8) is 0 Å². The summed E-state index contributed by atoms with van der Waals surface area (Å²) >= 11 is 5.47. The van der Waals surface area contributed by atoms with Crippen molar-refractivity contribution in [3.8, 4) is 0 Å². The highest BCUT2D eigenvalue weighted by atomic mass is 79.9. The molecule has 0 radical (unpaired) electrons. The second-order valence-electron chi connectivity index (χ2n) is 4.62. The van der Waals surface area contributed by atoms with Gasteiger partial charge in [-0.3, -0.25) is 4.79 Å². The molecule has 0 spiro atoms. The Bertz CT molecular complexity index is 418. The first-order valence-corrected chi connectivity index (χ1v) is 8.21. The van der Waals surface area contributed by atoms with E-state index in [0.29, 0.717) is 6.04 Å². The summed E-state index contributed by atoms with van der Waals surface area (Å²) in [5, 5.41) is 0. The van der Waals surface area contributed by atoms with Crippen LogP contribution in [0.3, 0.4) is 0 Å². The first-order valence-electron chi connectivity index (χ1n) is 6.26. The lowest BCUT2D eigenvalue weighted by Gasteiger charge is -2.33. The van der Waals surface area contributed by atoms with Crippen LogP contribution < -0.4 is 0 Å². The molecule has 0 saturated carbocycles. The molecule has 0 bridgehead atoms. The summed E-state index contributed by atoms with van der Waals surface area (Å²) < 4.78 is 1.07. The van der Waals surface area contributed by atoms with E-state index in [9.17, 15) is 4.79 Å². The molecule has 1 saturated heterocycles. The Morgan fingerprint density at radius 3 is 2.78 bits per heavy atom. The van der Waals surface area contributed by atoms with Gasteiger partial charge in [0.2, 0.25) is 5.91 Å². The standard InChI is InChI=1S/C14H18BrNOS/c1-11(17)16(14-5-7-18-8-6-14)10-12-3-2-4-13(15)9-12/h2-4,9,14H,5-8,10H2,1H3. The zero-order chi connectivity index (χ0) is 13.0. The summed E-state index contributed by atoms with van der Waals surface area (Å²) in [5.41, 5.74) is 1.19. The van der Waals surface area contributed by atoms with E-state index in [1.54, 1.807) is 6.92 Å². The van der Waals surface area contributed by atoms with Crippen molar-refractivity contribution >= 4 is 33.6 Å². The first kappa shape index (κ1) is 13.9. The van der Waals surface area contributed by atoms with Crippen LogP contribution in [-0.2, 0) is 11.3 Å². The molecule has 1 aliphatic rings. The van der Waals surface area contributed by atoms with E-state index in [0.717, 1.165) is 23.9 Å². The molecule has 0 N–H and O–H groups in total. The zero-order valence-electron chi connectivity index (χ0n) is 10.6. The van der Waals surface area contributed by atoms with Gasteiger partial charge in [0.1, 0.15) is 0 Å². The quantitative estimate of drug-likeness (QED) is 0.843. The molecule has 98 valence electrons. The molecule has 1 aromatic carbocycles. The lowest BCUT2D eigenvalue weighted by Crippen LogP contribution is -2.40. The Kier molecular flexibility index (Phi) is 5.13. The molecule has 0 aromatic heterocycles. The third kappa shape index (κ3) is 3.75. The predicted octanol–water partition coefficient (Wildman–Crippen LogP) is 3.69. The molecule has 1 aliphatic heterocycles. The topological polar surface area (TPSA) is 20.3 Å². The molecular weight excluding hydrogens is 310 g/mol. The highest BCUT2D eigenvalue weighted by Gasteiger charge is 2.23. The maximum absolute atomic E-state index is 11.8. The average Bonchev–Trinajstić information content (AvgIpc) is 2.37. The highest BCUT2D eigenvalue weighted by Crippen LogP contribution is 2.24. The lowest BCUT2D eigenvalue weighted by atomic mass is 10.1. The second kappa shape index (κ2) is 6.62. The molecule has 2 rings (SSSR count). The van der Waals surface area contributed by atoms with Gasteiger partial charge in [0, 0.05) is 24.0 Å². The fourth-order valence-electron chi connectivity index (χ4n) is 2.33. The van der Waals surface area contributed by atoms with E-state index in [1.165, 1.54) is 17.1 Å². The number of carbonyl (C=O) groups excluding carboxylic acids is 1. The normalized spacial score (nSPS) is 16.6. The lowest BCUT2D eigenvalue weighted by molar-refractivity contribution is -0.132. The third-order valence-corrected chi connectivity index (χ3v) is 4.82. The van der Waals surface area contributed by atoms with Crippen LogP contribution in [0, 0.1) is 0 Å². The largest absolute Gasteiger partial charge is 0.336 e. The van der Waals surface area contributed by atoms with E-state index in [4.69, 9.17) is 0 Å². The van der Waals surface area contributed by atoms with Crippen LogP contribution in [0.1, 0.15) is 25.3 Å². The number of thioether (sulfide) groups is 1. The van der Waals surface area contributed by atoms with Crippen molar-refractivity contribution in [2.75, 3.05) is 11.5 Å². The van der Waals surface area contributed by atoms with Gasteiger partial charge < -0.3 is 4.90 Å². The van der Waals surface area contributed by atoms with Gasteiger partial charge in [0.05, 0.1) is 0 Å². The van der Waals surface area contributed by atoms with Crippen molar-refractivity contribution in [1.29, 1.82) is 0 Å². The van der Waals surface area contributed by atoms with Crippen molar-refractivity contribution in [1.82, 2.24) is 4.90 Å². The first-order chi connectivity index (χ1) is 8.66. The van der Waals surface area contributed by atoms with Gasteiger partial charge in [-0.1, -0.05) is 28.1 Å². The van der Waals surface area contributed by atoms with E-state index in [2.05, 4.69) is 28.1 Å². The summed E-state index contributed by atoms with van der Waals surface area (Å²) in [5.74, 6) is 2.53. The molecular formula is C14H18BrNOS. The van der Waals surface area contributed by atoms with Gasteiger partial charge in [-0.25, -0.2) is 0 Å². The van der Waals surface area contributed by atoms with Gasteiger partial charge in [-0.2, -0.15) is 11.8 Å². The maximum Gasteiger partial charge on any atom is 0.219 e. The number of hydrogen-bond donors (Lipinski definition) is 0. The highest BCUT2D eigenvalue weighted by molar-refractivity contribution is 9.10. The monoisotopic (exact) mass is 327 g/mol. The van der Waals surface area contributed by atoms with E-state index >= 15 is 0 Å². The summed E-state index contributed by atoms with van der Waals surface area (Å²) in [7, 11) is 0. The summed E-state index contributed by atoms with van der Waals surface area (Å²) in [6.45, 7) is 2.41. The molecule has 2 nitrogen and oxygen atoms in total. The van der Waals surface area contributed by atoms with Crippen LogP contribution in [0.15, 0.2) is 28.7 Å². The number of halogens is 1. The van der Waals surface area contributed by atoms with Gasteiger partial charge in [0.15, 0.2) is 0 Å². The van der Waals surface area contributed by atoms with Crippen molar-refractivity contribution in [2.45, 2.75) is 32.4 Å². The van der Waals surface area contributed by atoms with Gasteiger partial charge in [-0.05, 0) is 42.0 Å². The average molecular weight is 328 g/mol. The Morgan fingerprint density at radius 1 is 1.44 bits per heavy atom. The zero-order valence-corrected chi connectivity index (χ0v) is 13.0. The number of amides is 1. The Labute approximate surface area is 121 Å². The molecule has 1 fully saturated rings. The van der Waals surface area contributed by atoms with Crippen LogP contribution >= 0.6 is 27.7 Å². The molecule has 1 amide bonds. The van der Waals surface area contributed by atoms with Crippen LogP contribution in [-0.4, -0.2) is 28.4 Å². The summed E-state index contributed by atoms with van der Waals surface area (Å²) in [6.07, 6.45) is 2.25. The van der Waals surface area contributed by atoms with E-state index in [-0.39, 0.29) is 5.91 Å². The van der Waals surface area contributed by atoms with Gasteiger partial charge in [-0.15, -0.1) is 0 Å². The molecule has 4 heteroatoms. The van der Waals surface area contributed by atoms with Gasteiger partial charge >= 0.3 is 0 Å². The Morgan fingerprint density at radius 2 is 2.17 bits per heavy atom. The summed E-state index contributed by atoms with van der Waals surface area (Å²) in [6, 6.07) is 8.63. The van der Waals surface area contributed by atoms with Crippen molar-refractivity contribution in [3.05, 3.63) is 34.3 Å². The number of carbonyl (C=O) groups is 1. The Balaban J connectivity index is 2.08. The minimum atomic E-state index is 0.187. The molecule has 18 heavy (non-hydrogen) atoms. The van der Waals surface area contributed by atoms with E-state index in [1.807, 2.05) is 28.8 Å². The van der Waals surface area contributed by atoms with Crippen LogP contribution in [0.4, 0.5) is 0 Å². The van der Waals surface area contributed by atoms with Crippen LogP contribution in [0.5, 0.6) is 0 Å². The van der Waals surface area contributed by atoms with Gasteiger partial charge in [0.25, 0.3) is 0 Å². The van der Waals surface area contributed by atoms with Crippen LogP contribution in [0.2, 0.25) is 0 Å². The minimum absolute atomic E-state index is 0.187. The summed E-state index contributed by atoms with van der Waals surface area (Å²) in [4.78, 5) is 13.9. The fraction of sp³-hybridized carbons (Fsp3) is 0.500. The fourth-order valence-corrected chi connectivity index (χ4v) is 3.85. The third-order valence-electron chi connectivity index (χ3n) is 3.28. The number of hydrogen-bond acceptors (Lipinski definition) is 2. The number of rotatable bonds is 3. The Hall–Kier alpha value is -0.480. The molecule has 0 aliphatic carbocycles. The smallest absolute Gasteiger partial charge is 0.219 e. The molecule has 0 unspecified atom stereocenters. The number of nitrogens with zero attached hydrogens (tertiary/aromatic N) is 1. The second-order valence-corrected chi connectivity index (χ2v) is 6.76. The maximum atomic E-state index is 11.8. The van der Waals surface area contributed by atoms with Crippen LogP contribution in [0.25, 0.3) is 0 Å². The van der Waals surface area contributed by atoms with Crippen molar-refractivity contribution < 1.29 is 4.79 Å². The molecule has 1 heterocycles. The van der Waals surface area contributed by atoms with Crippen molar-refractivity contribution in [2.24, 2.45) is 0 Å². The minimum Gasteiger partial charge on any atom is -0.336 e. The number of benzene rings is 1. The predicted molar refractivity (Wildman–Crippen MR) is 80.7 cm³/mol. The molecule has 1 aromatic rings. The van der Waals surface area contributed by atoms with E-state index < -0.39 is 0 Å².